The number of aliphatic hydroxyl groups excluding tert-OH is 2. The summed E-state index contributed by atoms with van der Waals surface area (Å²) in [6, 6.07) is 0. The van der Waals surface area contributed by atoms with E-state index < -0.39 is 30.0 Å². The third kappa shape index (κ3) is 1.63. The number of hydrogen-bond donors (Lipinski definition) is 2. The van der Waals surface area contributed by atoms with Gasteiger partial charge in [-0.05, 0) is 25.0 Å². The zero-order valence-corrected chi connectivity index (χ0v) is 11.1. The molecule has 2 aliphatic carbocycles. The topological polar surface area (TPSA) is 83.8 Å². The normalized spacial score (nSPS) is 36.5. The smallest absolute Gasteiger partial charge is 0.334 e. The van der Waals surface area contributed by atoms with Crippen molar-refractivity contribution >= 4 is 11.8 Å². The Morgan fingerprint density at radius 3 is 2.80 bits per heavy atom. The highest BCUT2D eigenvalue weighted by molar-refractivity contribution is 6.09. The van der Waals surface area contributed by atoms with Crippen LogP contribution in [0, 0.1) is 11.8 Å². The molecule has 0 amide bonds. The predicted octanol–water partition coefficient (Wildman–Crippen LogP) is 0.283. The van der Waals surface area contributed by atoms with Crippen LogP contribution in [0.2, 0.25) is 0 Å². The van der Waals surface area contributed by atoms with Gasteiger partial charge in [-0.1, -0.05) is 12.2 Å². The van der Waals surface area contributed by atoms with Gasteiger partial charge in [0.15, 0.2) is 5.78 Å². The van der Waals surface area contributed by atoms with Gasteiger partial charge in [-0.3, -0.25) is 4.79 Å². The maximum atomic E-state index is 12.1. The first-order valence-corrected chi connectivity index (χ1v) is 6.58. The minimum atomic E-state index is -0.801. The largest absolute Gasteiger partial charge is 0.457 e. The van der Waals surface area contributed by atoms with Gasteiger partial charge < -0.3 is 14.9 Å². The van der Waals surface area contributed by atoms with Crippen molar-refractivity contribution in [2.24, 2.45) is 11.8 Å². The highest BCUT2D eigenvalue weighted by Gasteiger charge is 2.52. The number of carbonyl (C=O) groups excluding carboxylic acids is 2. The first kappa shape index (κ1) is 13.3. The molecule has 1 saturated heterocycles. The molecule has 1 heterocycles. The monoisotopic (exact) mass is 276 g/mol. The van der Waals surface area contributed by atoms with Crippen molar-refractivity contribution in [1.29, 1.82) is 0 Å². The minimum absolute atomic E-state index is 0.169. The number of aliphatic hydroxyl groups is 2. The second-order valence-electron chi connectivity index (χ2n) is 5.61. The Morgan fingerprint density at radius 2 is 2.15 bits per heavy atom. The first-order chi connectivity index (χ1) is 9.45. The lowest BCUT2D eigenvalue weighted by Gasteiger charge is -2.25. The summed E-state index contributed by atoms with van der Waals surface area (Å²) in [5, 5.41) is 19.7. The molecule has 5 heteroatoms. The average Bonchev–Trinajstić information content (AvgIpc) is 2.83. The van der Waals surface area contributed by atoms with Crippen LogP contribution in [0.4, 0.5) is 0 Å². The fourth-order valence-electron chi connectivity index (χ4n) is 3.55. The summed E-state index contributed by atoms with van der Waals surface area (Å²) in [6.07, 6.45) is 0.265. The van der Waals surface area contributed by atoms with E-state index in [2.05, 4.69) is 6.58 Å². The summed E-state index contributed by atoms with van der Waals surface area (Å²) < 4.78 is 5.33. The zero-order valence-electron chi connectivity index (χ0n) is 11.1. The Labute approximate surface area is 116 Å². The molecule has 3 rings (SSSR count). The second kappa shape index (κ2) is 4.40. The highest BCUT2D eigenvalue weighted by atomic mass is 16.6. The van der Waals surface area contributed by atoms with Crippen LogP contribution in [0.15, 0.2) is 34.9 Å². The van der Waals surface area contributed by atoms with Crippen LogP contribution < -0.4 is 0 Å². The number of ether oxygens (including phenoxy) is 1. The van der Waals surface area contributed by atoms with E-state index in [1.807, 2.05) is 0 Å². The fourth-order valence-corrected chi connectivity index (χ4v) is 3.55. The molecule has 3 unspecified atom stereocenters. The predicted molar refractivity (Wildman–Crippen MR) is 69.5 cm³/mol. The summed E-state index contributed by atoms with van der Waals surface area (Å²) in [5.74, 6) is -1.69. The van der Waals surface area contributed by atoms with Crippen LogP contribution in [0.5, 0.6) is 0 Å². The standard InChI is InChI=1S/C15H16O5/c1-6-3-9(17)12-7(2)15(19)20-14(12)13-8(5-16)4-10(18)11(6)13/h4,9,12-14,16-17H,2-3,5H2,1H3/t9?,12-,13?,14?/m1/s1. The molecule has 0 aromatic heterocycles. The minimum Gasteiger partial charge on any atom is -0.457 e. The Kier molecular flexibility index (Phi) is 2.92. The average molecular weight is 276 g/mol. The maximum absolute atomic E-state index is 12.1. The lowest BCUT2D eigenvalue weighted by Crippen LogP contribution is -2.34. The Balaban J connectivity index is 2.13. The van der Waals surface area contributed by atoms with Gasteiger partial charge in [-0.2, -0.15) is 0 Å². The van der Waals surface area contributed by atoms with Gasteiger partial charge in [0.25, 0.3) is 0 Å². The van der Waals surface area contributed by atoms with Crippen LogP contribution in [-0.2, 0) is 14.3 Å². The van der Waals surface area contributed by atoms with Gasteiger partial charge in [0.2, 0.25) is 0 Å². The van der Waals surface area contributed by atoms with E-state index in [1.54, 1.807) is 6.92 Å². The van der Waals surface area contributed by atoms with Crippen molar-refractivity contribution in [3.05, 3.63) is 34.9 Å². The maximum Gasteiger partial charge on any atom is 0.334 e. The van der Waals surface area contributed by atoms with E-state index in [0.29, 0.717) is 17.6 Å². The molecule has 5 nitrogen and oxygen atoms in total. The van der Waals surface area contributed by atoms with Crippen molar-refractivity contribution in [2.45, 2.75) is 25.6 Å². The van der Waals surface area contributed by atoms with Crippen molar-refractivity contribution in [3.8, 4) is 0 Å². The van der Waals surface area contributed by atoms with E-state index in [1.165, 1.54) is 6.08 Å². The third-order valence-corrected chi connectivity index (χ3v) is 4.45. The van der Waals surface area contributed by atoms with E-state index in [9.17, 15) is 19.8 Å². The highest BCUT2D eigenvalue weighted by Crippen LogP contribution is 2.47. The van der Waals surface area contributed by atoms with Crippen molar-refractivity contribution in [3.63, 3.8) is 0 Å². The van der Waals surface area contributed by atoms with E-state index in [4.69, 9.17) is 4.74 Å². The molecule has 1 aliphatic heterocycles. The Hall–Kier alpha value is -1.72. The molecule has 0 radical (unpaired) electrons. The molecule has 0 bridgehead atoms. The Morgan fingerprint density at radius 1 is 1.45 bits per heavy atom. The zero-order chi connectivity index (χ0) is 14.6. The van der Waals surface area contributed by atoms with Gasteiger partial charge >= 0.3 is 5.97 Å². The van der Waals surface area contributed by atoms with Crippen molar-refractivity contribution in [2.75, 3.05) is 6.61 Å². The van der Waals surface area contributed by atoms with Crippen LogP contribution in [-0.4, -0.2) is 40.8 Å². The first-order valence-electron chi connectivity index (χ1n) is 6.58. The molecule has 0 spiro atoms. The third-order valence-electron chi connectivity index (χ3n) is 4.45. The van der Waals surface area contributed by atoms with E-state index in [0.717, 1.165) is 5.57 Å². The summed E-state index contributed by atoms with van der Waals surface area (Å²) in [5.41, 5.74) is 2.11. The van der Waals surface area contributed by atoms with Crippen LogP contribution in [0.1, 0.15) is 13.3 Å². The number of esters is 1. The number of hydrogen-bond acceptors (Lipinski definition) is 5. The molecule has 2 N–H and O–H groups in total. The van der Waals surface area contributed by atoms with Crippen LogP contribution in [0.25, 0.3) is 0 Å². The SMILES string of the molecule is C=C1C(=O)OC2C3C(CO)=CC(=O)C3=C(C)CC(O)[C@@H]12. The summed E-state index contributed by atoms with van der Waals surface area (Å²) >= 11 is 0. The lowest BCUT2D eigenvalue weighted by molar-refractivity contribution is -0.140. The quantitative estimate of drug-likeness (QED) is 0.531. The van der Waals surface area contributed by atoms with Gasteiger partial charge in [0.05, 0.1) is 18.6 Å². The number of allylic oxidation sites excluding steroid dienone is 1. The summed E-state index contributed by atoms with van der Waals surface area (Å²) in [7, 11) is 0. The van der Waals surface area contributed by atoms with Crippen molar-refractivity contribution < 1.29 is 24.5 Å². The molecule has 20 heavy (non-hydrogen) atoms. The van der Waals surface area contributed by atoms with Crippen LogP contribution in [0.3, 0.4) is 0 Å². The molecule has 3 aliphatic rings. The molecular weight excluding hydrogens is 260 g/mol. The van der Waals surface area contributed by atoms with Gasteiger partial charge in [-0.25, -0.2) is 4.79 Å². The lowest BCUT2D eigenvalue weighted by atomic mass is 9.82. The summed E-state index contributed by atoms with van der Waals surface area (Å²) in [4.78, 5) is 23.8. The van der Waals surface area contributed by atoms with Crippen LogP contribution >= 0.6 is 0 Å². The second-order valence-corrected chi connectivity index (χ2v) is 5.61. The van der Waals surface area contributed by atoms with Crippen molar-refractivity contribution in [1.82, 2.24) is 0 Å². The molecular formula is C15H16O5. The molecule has 0 aromatic carbocycles. The molecule has 1 fully saturated rings. The van der Waals surface area contributed by atoms with Gasteiger partial charge in [0.1, 0.15) is 6.10 Å². The van der Waals surface area contributed by atoms with E-state index >= 15 is 0 Å². The van der Waals surface area contributed by atoms with E-state index in [-0.39, 0.29) is 18.0 Å². The van der Waals surface area contributed by atoms with Gasteiger partial charge in [-0.15, -0.1) is 0 Å². The van der Waals surface area contributed by atoms with Gasteiger partial charge in [0, 0.05) is 17.1 Å². The number of carbonyl (C=O) groups is 2. The fraction of sp³-hybridized carbons (Fsp3) is 0.467. The molecule has 4 atom stereocenters. The Bertz CT molecular complexity index is 583. The summed E-state index contributed by atoms with van der Waals surface area (Å²) in [6.45, 7) is 5.23. The molecule has 0 saturated carbocycles. The number of fused-ring (bicyclic) bond motifs is 3. The number of ketones is 1. The molecule has 106 valence electrons. The molecule has 0 aromatic rings. The number of rotatable bonds is 1.